The normalized spacial score (nSPS) is 9.53. The van der Waals surface area contributed by atoms with Crippen LogP contribution in [0.15, 0.2) is 12.1 Å². The van der Waals surface area contributed by atoms with Crippen molar-refractivity contribution in [3.63, 3.8) is 0 Å². The first kappa shape index (κ1) is 15.2. The van der Waals surface area contributed by atoms with Gasteiger partial charge in [-0.05, 0) is 12.1 Å². The van der Waals surface area contributed by atoms with E-state index >= 15 is 0 Å². The number of rotatable bonds is 4. The van der Waals surface area contributed by atoms with Crippen molar-refractivity contribution in [2.45, 2.75) is 6.42 Å². The zero-order valence-corrected chi connectivity index (χ0v) is 11.2. The number of nitrogens with one attached hydrogen (secondary N) is 2. The van der Waals surface area contributed by atoms with Crippen LogP contribution in [0.1, 0.15) is 16.8 Å². The third kappa shape index (κ3) is 4.36. The number of carboxylic acids is 1. The molecule has 0 aliphatic heterocycles. The molecule has 0 aliphatic rings. The molecule has 0 fully saturated rings. The minimum absolute atomic E-state index is 0.0169. The van der Waals surface area contributed by atoms with Crippen LogP contribution in [0.3, 0.4) is 0 Å². The number of halogens is 2. The number of carboxylic acid groups (broad SMARTS) is 1. The fraction of sp³-hybridized carbons (Fsp3) is 0.167. The number of benzene rings is 1. The van der Waals surface area contributed by atoms with Crippen molar-refractivity contribution < 1.29 is 14.7 Å². The Morgan fingerprint density at radius 1 is 1.37 bits per heavy atom. The molecule has 0 unspecified atom stereocenters. The number of carbonyl (C=O) groups is 2. The van der Waals surface area contributed by atoms with E-state index in [1.165, 1.54) is 12.1 Å². The van der Waals surface area contributed by atoms with E-state index in [2.05, 4.69) is 16.6 Å². The molecule has 0 atom stereocenters. The topological polar surface area (TPSA) is 78.4 Å². The average molecular weight is 301 g/mol. The summed E-state index contributed by atoms with van der Waals surface area (Å²) in [4.78, 5) is 22.6. The van der Waals surface area contributed by atoms with E-state index in [0.29, 0.717) is 6.42 Å². The molecule has 0 aliphatic carbocycles. The molecule has 5 nitrogen and oxygen atoms in total. The standard InChI is InChI=1S/C12H10Cl2N2O3/c1-2-3-4-15-12(19)16-10-8(11(17)18)5-7(13)6-9(10)14/h1,5-6H,3-4H2,(H,17,18)(H2,15,16,19). The van der Waals surface area contributed by atoms with Gasteiger partial charge in [0.25, 0.3) is 0 Å². The molecule has 1 aromatic rings. The highest BCUT2D eigenvalue weighted by molar-refractivity contribution is 6.37. The van der Waals surface area contributed by atoms with Gasteiger partial charge in [-0.25, -0.2) is 9.59 Å². The molecule has 0 saturated heterocycles. The lowest BCUT2D eigenvalue weighted by Crippen LogP contribution is -2.30. The molecule has 0 spiro atoms. The Balaban J connectivity index is 2.91. The molecular weight excluding hydrogens is 291 g/mol. The van der Waals surface area contributed by atoms with E-state index in [9.17, 15) is 9.59 Å². The van der Waals surface area contributed by atoms with Crippen molar-refractivity contribution in [3.05, 3.63) is 27.7 Å². The van der Waals surface area contributed by atoms with Crippen LogP contribution in [0.2, 0.25) is 10.0 Å². The van der Waals surface area contributed by atoms with Crippen molar-refractivity contribution in [2.24, 2.45) is 0 Å². The lowest BCUT2D eigenvalue weighted by molar-refractivity contribution is 0.0698. The van der Waals surface area contributed by atoms with Crippen LogP contribution in [0.4, 0.5) is 10.5 Å². The largest absolute Gasteiger partial charge is 0.478 e. The van der Waals surface area contributed by atoms with Crippen molar-refractivity contribution in [1.29, 1.82) is 0 Å². The maximum atomic E-state index is 11.5. The number of hydrogen-bond acceptors (Lipinski definition) is 2. The summed E-state index contributed by atoms with van der Waals surface area (Å²) in [7, 11) is 0. The van der Waals surface area contributed by atoms with Gasteiger partial charge in [0.1, 0.15) is 0 Å². The van der Waals surface area contributed by atoms with Crippen LogP contribution in [-0.2, 0) is 0 Å². The number of amides is 2. The lowest BCUT2D eigenvalue weighted by Gasteiger charge is -2.11. The molecule has 1 aromatic carbocycles. The Hall–Kier alpha value is -1.90. The van der Waals surface area contributed by atoms with Crippen LogP contribution >= 0.6 is 23.2 Å². The summed E-state index contributed by atoms with van der Waals surface area (Å²) in [6.07, 6.45) is 5.41. The highest BCUT2D eigenvalue weighted by atomic mass is 35.5. The number of urea groups is 1. The number of carbonyl (C=O) groups excluding carboxylic acids is 1. The quantitative estimate of drug-likeness (QED) is 0.591. The fourth-order valence-electron chi connectivity index (χ4n) is 1.28. The van der Waals surface area contributed by atoms with Gasteiger partial charge in [-0.2, -0.15) is 0 Å². The zero-order chi connectivity index (χ0) is 14.4. The van der Waals surface area contributed by atoms with Gasteiger partial charge in [-0.1, -0.05) is 23.2 Å². The SMILES string of the molecule is C#CCCNC(=O)Nc1c(Cl)cc(Cl)cc1C(=O)O. The Bertz CT molecular complexity index is 553. The molecular formula is C12H10Cl2N2O3. The lowest BCUT2D eigenvalue weighted by atomic mass is 10.2. The molecule has 100 valence electrons. The van der Waals surface area contributed by atoms with Crippen LogP contribution in [0, 0.1) is 12.3 Å². The highest BCUT2D eigenvalue weighted by Gasteiger charge is 2.17. The van der Waals surface area contributed by atoms with Crippen LogP contribution in [-0.4, -0.2) is 23.7 Å². The summed E-state index contributed by atoms with van der Waals surface area (Å²) in [5, 5.41) is 14.1. The Kier molecular flexibility index (Phi) is 5.49. The second-order valence-corrected chi connectivity index (χ2v) is 4.29. The summed E-state index contributed by atoms with van der Waals surface area (Å²) < 4.78 is 0. The van der Waals surface area contributed by atoms with Crippen LogP contribution in [0.5, 0.6) is 0 Å². The Morgan fingerprint density at radius 3 is 2.63 bits per heavy atom. The smallest absolute Gasteiger partial charge is 0.337 e. The van der Waals surface area contributed by atoms with E-state index in [-0.39, 0.29) is 27.8 Å². The first-order chi connectivity index (χ1) is 8.95. The predicted octanol–water partition coefficient (Wildman–Crippen LogP) is 2.84. The van der Waals surface area contributed by atoms with Gasteiger partial charge in [0, 0.05) is 18.0 Å². The minimum Gasteiger partial charge on any atom is -0.478 e. The van der Waals surface area contributed by atoms with Gasteiger partial charge in [0.15, 0.2) is 0 Å². The van der Waals surface area contributed by atoms with Gasteiger partial charge < -0.3 is 15.7 Å². The predicted molar refractivity (Wildman–Crippen MR) is 73.9 cm³/mol. The third-order valence-corrected chi connectivity index (χ3v) is 2.60. The molecule has 2 amide bonds. The van der Waals surface area contributed by atoms with Crippen molar-refractivity contribution in [2.75, 3.05) is 11.9 Å². The summed E-state index contributed by atoms with van der Waals surface area (Å²) in [6.45, 7) is 0.274. The average Bonchev–Trinajstić information content (AvgIpc) is 2.32. The fourth-order valence-corrected chi connectivity index (χ4v) is 1.82. The molecule has 7 heteroatoms. The van der Waals surface area contributed by atoms with Crippen LogP contribution in [0.25, 0.3) is 0 Å². The van der Waals surface area contributed by atoms with E-state index in [1.807, 2.05) is 0 Å². The molecule has 0 aromatic heterocycles. The van der Waals surface area contributed by atoms with Gasteiger partial charge in [0.05, 0.1) is 16.3 Å². The summed E-state index contributed by atoms with van der Waals surface area (Å²) in [6, 6.07) is 1.95. The van der Waals surface area contributed by atoms with Gasteiger partial charge >= 0.3 is 12.0 Å². The Labute approximate surface area is 119 Å². The van der Waals surface area contributed by atoms with Crippen molar-refractivity contribution in [1.82, 2.24) is 5.32 Å². The molecule has 0 heterocycles. The molecule has 19 heavy (non-hydrogen) atoms. The zero-order valence-electron chi connectivity index (χ0n) is 9.67. The summed E-state index contributed by atoms with van der Waals surface area (Å²) in [5.41, 5.74) is -0.207. The van der Waals surface area contributed by atoms with E-state index < -0.39 is 12.0 Å². The maximum absolute atomic E-state index is 11.5. The molecule has 0 radical (unpaired) electrons. The monoisotopic (exact) mass is 300 g/mol. The molecule has 1 rings (SSSR count). The maximum Gasteiger partial charge on any atom is 0.337 e. The third-order valence-electron chi connectivity index (χ3n) is 2.08. The highest BCUT2D eigenvalue weighted by Crippen LogP contribution is 2.30. The van der Waals surface area contributed by atoms with Gasteiger partial charge in [-0.15, -0.1) is 12.3 Å². The first-order valence-corrected chi connectivity index (χ1v) is 5.92. The number of aromatic carboxylic acids is 1. The number of hydrogen-bond donors (Lipinski definition) is 3. The molecule has 0 saturated carbocycles. The van der Waals surface area contributed by atoms with Crippen molar-refractivity contribution in [3.8, 4) is 12.3 Å². The second-order valence-electron chi connectivity index (χ2n) is 3.45. The van der Waals surface area contributed by atoms with Gasteiger partial charge in [0.2, 0.25) is 0 Å². The number of terminal acetylenes is 1. The van der Waals surface area contributed by atoms with Crippen molar-refractivity contribution >= 4 is 40.9 Å². The second kappa shape index (κ2) is 6.88. The van der Waals surface area contributed by atoms with E-state index in [4.69, 9.17) is 34.7 Å². The number of anilines is 1. The van der Waals surface area contributed by atoms with Crippen LogP contribution < -0.4 is 10.6 Å². The molecule has 0 bridgehead atoms. The first-order valence-electron chi connectivity index (χ1n) is 5.16. The summed E-state index contributed by atoms with van der Waals surface area (Å²) >= 11 is 11.6. The minimum atomic E-state index is -1.25. The van der Waals surface area contributed by atoms with Gasteiger partial charge in [-0.3, -0.25) is 0 Å². The Morgan fingerprint density at radius 2 is 2.05 bits per heavy atom. The van der Waals surface area contributed by atoms with E-state index in [1.54, 1.807) is 0 Å². The molecule has 3 N–H and O–H groups in total. The summed E-state index contributed by atoms with van der Waals surface area (Å²) in [5.74, 6) is 1.11. The van der Waals surface area contributed by atoms with E-state index in [0.717, 1.165) is 0 Å².